The molecule has 1 N–H and O–H groups in total. The first kappa shape index (κ1) is 15.6. The van der Waals surface area contributed by atoms with Crippen LogP contribution in [0.4, 0.5) is 0 Å². The lowest BCUT2D eigenvalue weighted by atomic mass is 10.2. The zero-order valence-corrected chi connectivity index (χ0v) is 13.7. The molecule has 2 rings (SSSR count). The van der Waals surface area contributed by atoms with Crippen molar-refractivity contribution in [1.82, 2.24) is 4.90 Å². The van der Waals surface area contributed by atoms with Crippen molar-refractivity contribution in [1.29, 1.82) is 0 Å². The summed E-state index contributed by atoms with van der Waals surface area (Å²) in [7, 11) is 0. The zero-order valence-electron chi connectivity index (χ0n) is 10.5. The number of nitrogens with zero attached hydrogens (tertiary/aromatic N) is 1. The number of aromatic hydroxyl groups is 1. The van der Waals surface area contributed by atoms with Crippen LogP contribution in [0.5, 0.6) is 5.75 Å². The highest BCUT2D eigenvalue weighted by Gasteiger charge is 2.31. The third-order valence-corrected chi connectivity index (χ3v) is 4.61. The predicted octanol–water partition coefficient (Wildman–Crippen LogP) is 4.31. The number of hydrogen-bond acceptors (Lipinski definition) is 4. The van der Waals surface area contributed by atoms with E-state index < -0.39 is 0 Å². The summed E-state index contributed by atoms with van der Waals surface area (Å²) in [5.41, 5.74) is 0.648. The predicted molar refractivity (Wildman–Crippen MR) is 88.3 cm³/mol. The van der Waals surface area contributed by atoms with E-state index in [1.54, 1.807) is 23.1 Å². The number of halogens is 2. The van der Waals surface area contributed by atoms with Gasteiger partial charge in [0.25, 0.3) is 5.91 Å². The van der Waals surface area contributed by atoms with Crippen molar-refractivity contribution in [2.45, 2.75) is 13.3 Å². The van der Waals surface area contributed by atoms with Crippen LogP contribution in [0.1, 0.15) is 18.9 Å². The fraction of sp³-hybridized carbons (Fsp3) is 0.231. The summed E-state index contributed by atoms with van der Waals surface area (Å²) in [5, 5.41) is 9.80. The number of benzene rings is 1. The Kier molecular flexibility index (Phi) is 4.96. The first-order chi connectivity index (χ1) is 9.43. The van der Waals surface area contributed by atoms with Gasteiger partial charge in [-0.05, 0) is 30.2 Å². The maximum Gasteiger partial charge on any atom is 0.266 e. The number of phenols is 1. The molecule has 1 aliphatic heterocycles. The summed E-state index contributed by atoms with van der Waals surface area (Å²) in [6, 6.07) is 3.10. The normalized spacial score (nSPS) is 17.4. The molecule has 1 amide bonds. The second-order valence-electron chi connectivity index (χ2n) is 4.17. The van der Waals surface area contributed by atoms with E-state index >= 15 is 0 Å². The number of rotatable bonds is 3. The number of carbonyl (C=O) groups is 1. The lowest BCUT2D eigenvalue weighted by molar-refractivity contribution is -0.122. The summed E-state index contributed by atoms with van der Waals surface area (Å²) in [6.45, 7) is 2.60. The van der Waals surface area contributed by atoms with Crippen molar-refractivity contribution < 1.29 is 9.90 Å². The van der Waals surface area contributed by atoms with Gasteiger partial charge in [0.1, 0.15) is 4.32 Å². The van der Waals surface area contributed by atoms with Crippen LogP contribution in [0, 0.1) is 0 Å². The second kappa shape index (κ2) is 6.35. The Balaban J connectivity index is 2.33. The molecule has 7 heteroatoms. The number of hydrogen-bond donors (Lipinski definition) is 1. The van der Waals surface area contributed by atoms with Gasteiger partial charge in [-0.25, -0.2) is 0 Å². The van der Waals surface area contributed by atoms with E-state index in [0.717, 1.165) is 6.42 Å². The van der Waals surface area contributed by atoms with Gasteiger partial charge in [0, 0.05) is 6.54 Å². The van der Waals surface area contributed by atoms with E-state index in [9.17, 15) is 9.90 Å². The molecule has 1 aromatic carbocycles. The van der Waals surface area contributed by atoms with E-state index in [4.69, 9.17) is 35.4 Å². The van der Waals surface area contributed by atoms with Crippen molar-refractivity contribution in [3.05, 3.63) is 32.6 Å². The molecule has 1 heterocycles. The third kappa shape index (κ3) is 3.11. The number of phenolic OH excluding ortho intramolecular Hbond substituents is 1. The van der Waals surface area contributed by atoms with Gasteiger partial charge in [-0.15, -0.1) is 0 Å². The Morgan fingerprint density at radius 3 is 2.55 bits per heavy atom. The van der Waals surface area contributed by atoms with Crippen molar-refractivity contribution >= 4 is 63.5 Å². The van der Waals surface area contributed by atoms with Crippen LogP contribution in [0.15, 0.2) is 17.0 Å². The van der Waals surface area contributed by atoms with Gasteiger partial charge in [0.2, 0.25) is 0 Å². The molecule has 1 aliphatic rings. The fourth-order valence-corrected chi connectivity index (χ4v) is 3.55. The Bertz CT molecular complexity index is 593. The number of thiocarbonyl (C=S) groups is 1. The van der Waals surface area contributed by atoms with Crippen LogP contribution in [0.2, 0.25) is 10.0 Å². The molecule has 0 bridgehead atoms. The minimum atomic E-state index is -0.163. The minimum Gasteiger partial charge on any atom is -0.505 e. The molecular weight excluding hydrogens is 337 g/mol. The number of carbonyl (C=O) groups excluding carboxylic acids is 1. The van der Waals surface area contributed by atoms with Crippen molar-refractivity contribution in [3.63, 3.8) is 0 Å². The van der Waals surface area contributed by atoms with Crippen LogP contribution in [-0.4, -0.2) is 26.8 Å². The SMILES string of the molecule is CCCN1C(=O)/C(=C\c2cc(Cl)c(O)c(Cl)c2)SC1=S. The van der Waals surface area contributed by atoms with Gasteiger partial charge >= 0.3 is 0 Å². The molecule has 0 radical (unpaired) electrons. The van der Waals surface area contributed by atoms with Gasteiger partial charge in [-0.1, -0.05) is 54.1 Å². The van der Waals surface area contributed by atoms with Crippen LogP contribution in [-0.2, 0) is 4.79 Å². The van der Waals surface area contributed by atoms with Crippen LogP contribution < -0.4 is 0 Å². The Morgan fingerprint density at radius 2 is 2.00 bits per heavy atom. The maximum atomic E-state index is 12.2. The number of thioether (sulfide) groups is 1. The molecule has 0 spiro atoms. The van der Waals surface area contributed by atoms with Gasteiger partial charge in [-0.3, -0.25) is 9.69 Å². The molecule has 0 aromatic heterocycles. The molecule has 1 aromatic rings. The molecule has 0 atom stereocenters. The van der Waals surface area contributed by atoms with Gasteiger partial charge in [0.05, 0.1) is 15.0 Å². The van der Waals surface area contributed by atoms with Crippen molar-refractivity contribution in [2.24, 2.45) is 0 Å². The smallest absolute Gasteiger partial charge is 0.266 e. The molecule has 1 saturated heterocycles. The Hall–Kier alpha value is -0.750. The average Bonchev–Trinajstić information content (AvgIpc) is 2.64. The standard InChI is InChI=1S/C13H11Cl2NO2S2/c1-2-3-16-12(18)10(20-13(16)19)6-7-4-8(14)11(17)9(15)5-7/h4-6,17H,2-3H2,1H3/b10-6+. The quantitative estimate of drug-likeness (QED) is 0.653. The summed E-state index contributed by atoms with van der Waals surface area (Å²) in [4.78, 5) is 14.3. The van der Waals surface area contributed by atoms with E-state index in [0.29, 0.717) is 21.3 Å². The highest BCUT2D eigenvalue weighted by atomic mass is 35.5. The zero-order chi connectivity index (χ0) is 14.9. The van der Waals surface area contributed by atoms with E-state index in [-0.39, 0.29) is 21.7 Å². The van der Waals surface area contributed by atoms with Gasteiger partial charge in [0.15, 0.2) is 5.75 Å². The molecule has 20 heavy (non-hydrogen) atoms. The van der Waals surface area contributed by atoms with Crippen molar-refractivity contribution in [2.75, 3.05) is 6.54 Å². The second-order valence-corrected chi connectivity index (χ2v) is 6.66. The molecule has 1 fully saturated rings. The van der Waals surface area contributed by atoms with Crippen LogP contribution in [0.25, 0.3) is 6.08 Å². The third-order valence-electron chi connectivity index (χ3n) is 2.66. The van der Waals surface area contributed by atoms with Crippen LogP contribution in [0.3, 0.4) is 0 Å². The lowest BCUT2D eigenvalue weighted by Crippen LogP contribution is -2.28. The fourth-order valence-electron chi connectivity index (χ4n) is 1.74. The largest absolute Gasteiger partial charge is 0.505 e. The summed E-state index contributed by atoms with van der Waals surface area (Å²) in [5.74, 6) is -0.272. The molecule has 0 unspecified atom stereocenters. The van der Waals surface area contributed by atoms with E-state index in [1.807, 2.05) is 6.92 Å². The number of amides is 1. The summed E-state index contributed by atoms with van der Waals surface area (Å²) in [6.07, 6.45) is 2.52. The first-order valence-corrected chi connectivity index (χ1v) is 7.85. The maximum absolute atomic E-state index is 12.2. The van der Waals surface area contributed by atoms with Crippen LogP contribution >= 0.6 is 47.2 Å². The highest BCUT2D eigenvalue weighted by Crippen LogP contribution is 2.36. The van der Waals surface area contributed by atoms with Gasteiger partial charge in [-0.2, -0.15) is 0 Å². The average molecular weight is 348 g/mol. The highest BCUT2D eigenvalue weighted by molar-refractivity contribution is 8.26. The molecule has 0 aliphatic carbocycles. The monoisotopic (exact) mass is 347 g/mol. The molecule has 0 saturated carbocycles. The molecular formula is C13H11Cl2NO2S2. The minimum absolute atomic E-state index is 0.109. The summed E-state index contributed by atoms with van der Waals surface area (Å²) < 4.78 is 0.555. The topological polar surface area (TPSA) is 40.5 Å². The molecule has 106 valence electrons. The Morgan fingerprint density at radius 1 is 1.40 bits per heavy atom. The summed E-state index contributed by atoms with van der Waals surface area (Å²) >= 11 is 18.1. The first-order valence-electron chi connectivity index (χ1n) is 5.87. The van der Waals surface area contributed by atoms with E-state index in [2.05, 4.69) is 0 Å². The van der Waals surface area contributed by atoms with Gasteiger partial charge < -0.3 is 5.11 Å². The Labute approximate surface area is 136 Å². The lowest BCUT2D eigenvalue weighted by Gasteiger charge is -2.11. The van der Waals surface area contributed by atoms with E-state index in [1.165, 1.54) is 11.8 Å². The molecule has 3 nitrogen and oxygen atoms in total. The van der Waals surface area contributed by atoms with Crippen molar-refractivity contribution in [3.8, 4) is 5.75 Å².